The van der Waals surface area contributed by atoms with Crippen LogP contribution in [-0.2, 0) is 9.47 Å². The maximum absolute atomic E-state index is 14.3. The zero-order valence-corrected chi connectivity index (χ0v) is 27.6. The van der Waals surface area contributed by atoms with Crippen LogP contribution in [0.5, 0.6) is 0 Å². The number of nitrogens with zero attached hydrogens (tertiary/aromatic N) is 8. The Bertz CT molecular complexity index is 1880. The molecule has 13 heteroatoms. The summed E-state index contributed by atoms with van der Waals surface area (Å²) < 4.78 is 26.9. The van der Waals surface area contributed by atoms with Crippen molar-refractivity contribution in [3.8, 4) is 12.1 Å². The Kier molecular flexibility index (Phi) is 10.5. The molecule has 3 heterocycles. The quantitative estimate of drug-likeness (QED) is 0.179. The van der Waals surface area contributed by atoms with Crippen LogP contribution in [-0.4, -0.2) is 57.4 Å². The Hall–Kier alpha value is -5.40. The van der Waals surface area contributed by atoms with Gasteiger partial charge in [-0.05, 0) is 43.9 Å². The number of hydrogen-bond acceptors (Lipinski definition) is 10. The standard InChI is InChI=1S/C34H38FN9O3/c1-9-20(2)43-17-28(41-42-43)32(26-10-11-29(35)40-22(26)4)44(33(45)47-21(3)18-46-8)25-12-23(14-36)30-27(13-25)31(24(15-37)16-38-30)39-19-34(5,6)7/h10-13,16-17,21,32H,2,9,18-19H2,1,3-8H3,(H,38,39)/t21-,32+/m1/s1. The molecule has 0 saturated carbocycles. The number of anilines is 2. The van der Waals surface area contributed by atoms with Gasteiger partial charge in [-0.25, -0.2) is 14.5 Å². The van der Waals surface area contributed by atoms with Crippen LogP contribution in [0.1, 0.15) is 75.2 Å². The number of carbonyl (C=O) groups is 1. The predicted octanol–water partition coefficient (Wildman–Crippen LogP) is 6.52. The van der Waals surface area contributed by atoms with Gasteiger partial charge in [0.1, 0.15) is 30.0 Å². The first-order valence-electron chi connectivity index (χ1n) is 15.0. The zero-order chi connectivity index (χ0) is 34.5. The average Bonchev–Trinajstić information content (AvgIpc) is 3.51. The number of nitriles is 2. The minimum Gasteiger partial charge on any atom is -0.444 e. The van der Waals surface area contributed by atoms with Crippen molar-refractivity contribution in [1.29, 1.82) is 10.5 Å². The van der Waals surface area contributed by atoms with E-state index in [2.05, 4.69) is 44.3 Å². The number of aromatic nitrogens is 5. The minimum atomic E-state index is -1.05. The third-order valence-corrected chi connectivity index (χ3v) is 7.34. The highest BCUT2D eigenvalue weighted by atomic mass is 19.1. The van der Waals surface area contributed by atoms with Gasteiger partial charge in [-0.1, -0.05) is 45.6 Å². The number of allylic oxidation sites excluding steroid dienone is 1. The van der Waals surface area contributed by atoms with Crippen LogP contribution in [0.25, 0.3) is 16.6 Å². The van der Waals surface area contributed by atoms with Crippen molar-refractivity contribution >= 4 is 34.1 Å². The first-order valence-corrected chi connectivity index (χ1v) is 15.0. The van der Waals surface area contributed by atoms with Crippen molar-refractivity contribution in [3.05, 3.63) is 77.3 Å². The van der Waals surface area contributed by atoms with Crippen LogP contribution in [0.4, 0.5) is 20.6 Å². The lowest BCUT2D eigenvalue weighted by Gasteiger charge is -2.32. The van der Waals surface area contributed by atoms with E-state index in [4.69, 9.17) is 9.47 Å². The molecule has 4 aromatic rings. The molecule has 0 unspecified atom stereocenters. The number of halogens is 1. The summed E-state index contributed by atoms with van der Waals surface area (Å²) in [5.74, 6) is -0.696. The molecule has 12 nitrogen and oxygen atoms in total. The van der Waals surface area contributed by atoms with Crippen molar-refractivity contribution in [1.82, 2.24) is 25.0 Å². The highest BCUT2D eigenvalue weighted by molar-refractivity contribution is 6.01. The number of hydrogen-bond donors (Lipinski definition) is 1. The summed E-state index contributed by atoms with van der Waals surface area (Å²) in [6, 6.07) is 9.23. The molecule has 1 aromatic carbocycles. The number of pyridine rings is 2. The summed E-state index contributed by atoms with van der Waals surface area (Å²) in [4.78, 5) is 24.1. The number of methoxy groups -OCH3 is 1. The fourth-order valence-corrected chi connectivity index (χ4v) is 4.98. The third kappa shape index (κ3) is 7.71. The number of ether oxygens (including phenoxy) is 2. The number of fused-ring (bicyclic) bond motifs is 1. The molecule has 4 rings (SSSR count). The summed E-state index contributed by atoms with van der Waals surface area (Å²) >= 11 is 0. The van der Waals surface area contributed by atoms with Gasteiger partial charge in [0, 0.05) is 42.2 Å². The van der Waals surface area contributed by atoms with Crippen molar-refractivity contribution in [2.45, 2.75) is 60.1 Å². The smallest absolute Gasteiger partial charge is 0.415 e. The van der Waals surface area contributed by atoms with Crippen molar-refractivity contribution in [2.24, 2.45) is 5.41 Å². The Labute approximate surface area is 273 Å². The second-order valence-electron chi connectivity index (χ2n) is 12.3. The molecule has 1 N–H and O–H groups in total. The molecular weight excluding hydrogens is 601 g/mol. The normalized spacial score (nSPS) is 12.6. The van der Waals surface area contributed by atoms with Gasteiger partial charge in [0.25, 0.3) is 0 Å². The lowest BCUT2D eigenvalue weighted by Crippen LogP contribution is -2.39. The number of rotatable bonds is 11. The molecule has 0 fully saturated rings. The van der Waals surface area contributed by atoms with E-state index in [0.717, 1.165) is 0 Å². The molecule has 47 heavy (non-hydrogen) atoms. The second-order valence-corrected chi connectivity index (χ2v) is 12.3. The first kappa shape index (κ1) is 34.5. The summed E-state index contributed by atoms with van der Waals surface area (Å²) in [6.45, 7) is 16.0. The third-order valence-electron chi connectivity index (χ3n) is 7.34. The SMILES string of the molecule is C=C(CC)n1cc([C@H](c2ccc(F)nc2C)N(C(=O)O[C@H](C)COC)c2cc(C#N)c3ncc(C#N)c(NCC(C)(C)C)c3c2)nn1. The van der Waals surface area contributed by atoms with E-state index in [-0.39, 0.29) is 28.8 Å². The maximum Gasteiger partial charge on any atom is 0.415 e. The lowest BCUT2D eigenvalue weighted by atomic mass is 9.96. The van der Waals surface area contributed by atoms with E-state index in [1.807, 2.05) is 27.7 Å². The van der Waals surface area contributed by atoms with Crippen LogP contribution < -0.4 is 10.2 Å². The van der Waals surface area contributed by atoms with Crippen LogP contribution >= 0.6 is 0 Å². The zero-order valence-electron chi connectivity index (χ0n) is 27.6. The van der Waals surface area contributed by atoms with Gasteiger partial charge in [0.05, 0.1) is 40.8 Å². The molecule has 1 amide bonds. The van der Waals surface area contributed by atoms with Crippen molar-refractivity contribution in [2.75, 3.05) is 30.5 Å². The highest BCUT2D eigenvalue weighted by Crippen LogP contribution is 2.39. The van der Waals surface area contributed by atoms with Gasteiger partial charge in [0.15, 0.2) is 0 Å². The van der Waals surface area contributed by atoms with Crippen LogP contribution in [0.3, 0.4) is 0 Å². The van der Waals surface area contributed by atoms with Gasteiger partial charge in [-0.2, -0.15) is 14.9 Å². The van der Waals surface area contributed by atoms with E-state index in [1.165, 1.54) is 41.1 Å². The fourth-order valence-electron chi connectivity index (χ4n) is 4.98. The molecule has 2 atom stereocenters. The Morgan fingerprint density at radius 3 is 2.55 bits per heavy atom. The van der Waals surface area contributed by atoms with Crippen LogP contribution in [0, 0.1) is 40.9 Å². The number of amides is 1. The highest BCUT2D eigenvalue weighted by Gasteiger charge is 2.35. The molecule has 0 aliphatic rings. The molecule has 244 valence electrons. The van der Waals surface area contributed by atoms with Gasteiger partial charge >= 0.3 is 6.09 Å². The van der Waals surface area contributed by atoms with E-state index in [0.29, 0.717) is 52.2 Å². The van der Waals surface area contributed by atoms with Crippen molar-refractivity contribution < 1.29 is 18.7 Å². The molecule has 0 aliphatic heterocycles. The number of aryl methyl sites for hydroxylation is 1. The fraction of sp³-hybridized carbons (Fsp3) is 0.382. The molecule has 0 saturated heterocycles. The molecule has 0 bridgehead atoms. The largest absolute Gasteiger partial charge is 0.444 e. The number of carbonyl (C=O) groups excluding carboxylic acids is 1. The van der Waals surface area contributed by atoms with Gasteiger partial charge in [0.2, 0.25) is 5.95 Å². The molecule has 0 aliphatic carbocycles. The molecule has 3 aromatic heterocycles. The topological polar surface area (TPSA) is 155 Å². The van der Waals surface area contributed by atoms with Crippen LogP contribution in [0.2, 0.25) is 0 Å². The van der Waals surface area contributed by atoms with Crippen molar-refractivity contribution in [3.63, 3.8) is 0 Å². The van der Waals surface area contributed by atoms with Gasteiger partial charge in [-0.3, -0.25) is 9.88 Å². The second kappa shape index (κ2) is 14.4. The Balaban J connectivity index is 2.07. The van der Waals surface area contributed by atoms with Crippen LogP contribution in [0.15, 0.2) is 43.2 Å². The van der Waals surface area contributed by atoms with E-state index >= 15 is 0 Å². The summed E-state index contributed by atoms with van der Waals surface area (Å²) in [6.07, 6.45) is 2.17. The van der Waals surface area contributed by atoms with Gasteiger partial charge in [-0.15, -0.1) is 5.10 Å². The molecular formula is C34H38FN9O3. The first-order chi connectivity index (χ1) is 22.3. The maximum atomic E-state index is 14.3. The summed E-state index contributed by atoms with van der Waals surface area (Å²) in [7, 11) is 1.49. The average molecular weight is 640 g/mol. The Morgan fingerprint density at radius 1 is 1.21 bits per heavy atom. The number of nitrogens with one attached hydrogen (secondary N) is 1. The Morgan fingerprint density at radius 2 is 1.94 bits per heavy atom. The summed E-state index contributed by atoms with van der Waals surface area (Å²) in [5.41, 5.74) is 3.00. The predicted molar refractivity (Wildman–Crippen MR) is 176 cm³/mol. The van der Waals surface area contributed by atoms with E-state index in [9.17, 15) is 19.7 Å². The monoisotopic (exact) mass is 639 g/mol. The lowest BCUT2D eigenvalue weighted by molar-refractivity contribution is 0.0520. The molecule has 0 radical (unpaired) electrons. The van der Waals surface area contributed by atoms with Gasteiger partial charge < -0.3 is 14.8 Å². The molecule has 0 spiro atoms. The van der Waals surface area contributed by atoms with E-state index < -0.39 is 24.2 Å². The minimum absolute atomic E-state index is 0.116. The number of benzene rings is 1. The van der Waals surface area contributed by atoms with E-state index in [1.54, 1.807) is 26.1 Å². The summed E-state index contributed by atoms with van der Waals surface area (Å²) in [5, 5.41) is 32.7.